The molecular formula is C20H23N3O2. The Morgan fingerprint density at radius 1 is 1.00 bits per heavy atom. The molecule has 0 radical (unpaired) electrons. The van der Waals surface area contributed by atoms with Crippen LogP contribution in [0.15, 0.2) is 36.7 Å². The average molecular weight is 337 g/mol. The van der Waals surface area contributed by atoms with Gasteiger partial charge in [-0.1, -0.05) is 6.07 Å². The molecule has 2 aromatic rings. The Balaban J connectivity index is 1.44. The first-order chi connectivity index (χ1) is 12.3. The maximum Gasteiger partial charge on any atom is 0.161 e. The van der Waals surface area contributed by atoms with Crippen LogP contribution in [0.2, 0.25) is 0 Å². The number of nitrogens with one attached hydrogen (secondary N) is 1. The largest absolute Gasteiger partial charge is 0.490 e. The summed E-state index contributed by atoms with van der Waals surface area (Å²) >= 11 is 0. The third kappa shape index (κ3) is 2.93. The summed E-state index contributed by atoms with van der Waals surface area (Å²) in [7, 11) is 0. The summed E-state index contributed by atoms with van der Waals surface area (Å²) in [5.41, 5.74) is 3.46. The van der Waals surface area contributed by atoms with Gasteiger partial charge >= 0.3 is 0 Å². The molecule has 0 spiro atoms. The van der Waals surface area contributed by atoms with E-state index in [-0.39, 0.29) is 0 Å². The Kier molecular flexibility index (Phi) is 3.74. The third-order valence-corrected chi connectivity index (χ3v) is 5.40. The van der Waals surface area contributed by atoms with E-state index in [9.17, 15) is 0 Å². The van der Waals surface area contributed by atoms with Crippen LogP contribution < -0.4 is 19.7 Å². The molecule has 5 nitrogen and oxygen atoms in total. The van der Waals surface area contributed by atoms with E-state index in [1.807, 2.05) is 18.5 Å². The van der Waals surface area contributed by atoms with E-state index in [4.69, 9.17) is 9.47 Å². The Labute approximate surface area is 148 Å². The summed E-state index contributed by atoms with van der Waals surface area (Å²) in [6.07, 6.45) is 6.15. The van der Waals surface area contributed by atoms with Gasteiger partial charge in [-0.15, -0.1) is 0 Å². The van der Waals surface area contributed by atoms with Crippen molar-refractivity contribution in [2.75, 3.05) is 37.7 Å². The molecule has 0 aliphatic carbocycles. The predicted octanol–water partition coefficient (Wildman–Crippen LogP) is 2.71. The molecule has 2 fully saturated rings. The molecule has 0 amide bonds. The zero-order valence-corrected chi connectivity index (χ0v) is 14.3. The van der Waals surface area contributed by atoms with E-state index in [0.29, 0.717) is 19.3 Å². The van der Waals surface area contributed by atoms with Gasteiger partial charge in [-0.2, -0.15) is 0 Å². The number of hydrogen-bond acceptors (Lipinski definition) is 5. The second-order valence-corrected chi connectivity index (χ2v) is 7.26. The summed E-state index contributed by atoms with van der Waals surface area (Å²) in [4.78, 5) is 6.97. The van der Waals surface area contributed by atoms with Gasteiger partial charge in [0.25, 0.3) is 0 Å². The van der Waals surface area contributed by atoms with Gasteiger partial charge in [-0.3, -0.25) is 4.98 Å². The molecule has 0 saturated carbocycles. The number of nitrogens with zero attached hydrogens (tertiary/aromatic N) is 2. The summed E-state index contributed by atoms with van der Waals surface area (Å²) in [6, 6.07) is 9.05. The normalized spacial score (nSPS) is 24.9. The lowest BCUT2D eigenvalue weighted by atomic mass is 9.99. The molecule has 25 heavy (non-hydrogen) atoms. The first-order valence-electron chi connectivity index (χ1n) is 9.18. The standard InChI is InChI=1S/C20H23N3O2/c1-4-24-19-3-2-15(8-20(19)25-5-1)16-7-18(11-21-10-16)23-12-14-6-17(13-23)22-9-14/h2-3,7-8,10-11,14,17,22H,1,4-6,9,12-13H2. The maximum atomic E-state index is 5.83. The van der Waals surface area contributed by atoms with Crippen molar-refractivity contribution in [1.29, 1.82) is 0 Å². The van der Waals surface area contributed by atoms with Crippen LogP contribution in [-0.2, 0) is 0 Å². The predicted molar refractivity (Wildman–Crippen MR) is 97.4 cm³/mol. The van der Waals surface area contributed by atoms with E-state index in [2.05, 4.69) is 33.4 Å². The molecule has 1 N–H and O–H groups in total. The Hall–Kier alpha value is -2.27. The average Bonchev–Trinajstić information content (AvgIpc) is 2.86. The highest BCUT2D eigenvalue weighted by molar-refractivity contribution is 5.70. The smallest absolute Gasteiger partial charge is 0.161 e. The number of aromatic nitrogens is 1. The molecule has 3 aliphatic rings. The van der Waals surface area contributed by atoms with Crippen molar-refractivity contribution >= 4 is 5.69 Å². The quantitative estimate of drug-likeness (QED) is 0.913. The third-order valence-electron chi connectivity index (χ3n) is 5.40. The number of hydrogen-bond donors (Lipinski definition) is 1. The van der Waals surface area contributed by atoms with Crippen molar-refractivity contribution in [3.63, 3.8) is 0 Å². The van der Waals surface area contributed by atoms with Crippen molar-refractivity contribution < 1.29 is 9.47 Å². The zero-order valence-electron chi connectivity index (χ0n) is 14.3. The van der Waals surface area contributed by atoms with Gasteiger partial charge in [0.05, 0.1) is 25.1 Å². The molecule has 130 valence electrons. The van der Waals surface area contributed by atoms with E-state index in [0.717, 1.165) is 54.6 Å². The lowest BCUT2D eigenvalue weighted by molar-refractivity contribution is 0.297. The molecule has 2 atom stereocenters. The molecular weight excluding hydrogens is 314 g/mol. The minimum Gasteiger partial charge on any atom is -0.490 e. The minimum absolute atomic E-state index is 0.625. The van der Waals surface area contributed by atoms with Crippen LogP contribution >= 0.6 is 0 Å². The van der Waals surface area contributed by atoms with Gasteiger partial charge in [-0.25, -0.2) is 0 Å². The first kappa shape index (κ1) is 15.0. The van der Waals surface area contributed by atoms with Crippen molar-refractivity contribution in [3.8, 4) is 22.6 Å². The maximum absolute atomic E-state index is 5.83. The molecule has 1 aromatic heterocycles. The van der Waals surface area contributed by atoms with Crippen LogP contribution in [-0.4, -0.2) is 43.9 Å². The summed E-state index contributed by atoms with van der Waals surface area (Å²) in [6.45, 7) is 4.77. The number of rotatable bonds is 2. The minimum atomic E-state index is 0.625. The summed E-state index contributed by atoms with van der Waals surface area (Å²) in [5.74, 6) is 2.44. The Bertz CT molecular complexity index is 767. The van der Waals surface area contributed by atoms with Gasteiger partial charge in [0.2, 0.25) is 0 Å². The summed E-state index contributed by atoms with van der Waals surface area (Å²) < 4.78 is 11.6. The second-order valence-electron chi connectivity index (χ2n) is 7.26. The van der Waals surface area contributed by atoms with Crippen molar-refractivity contribution in [2.24, 2.45) is 5.92 Å². The van der Waals surface area contributed by atoms with Gasteiger partial charge in [-0.05, 0) is 36.1 Å². The number of anilines is 1. The SMILES string of the molecule is c1cc2c(cc1-c1cncc(N3CC4CNC(C4)C3)c1)OCCCO2. The highest BCUT2D eigenvalue weighted by Crippen LogP contribution is 2.35. The number of pyridine rings is 1. The molecule has 2 bridgehead atoms. The molecule has 5 heteroatoms. The second kappa shape index (κ2) is 6.23. The topological polar surface area (TPSA) is 46.6 Å². The van der Waals surface area contributed by atoms with Crippen LogP contribution in [0, 0.1) is 5.92 Å². The number of benzene rings is 1. The highest BCUT2D eigenvalue weighted by atomic mass is 16.5. The van der Waals surface area contributed by atoms with Gasteiger partial charge in [0.1, 0.15) is 0 Å². The van der Waals surface area contributed by atoms with Crippen LogP contribution in [0.25, 0.3) is 11.1 Å². The molecule has 4 heterocycles. The molecule has 5 rings (SSSR count). The lowest BCUT2D eigenvalue weighted by Crippen LogP contribution is -2.41. The fourth-order valence-corrected chi connectivity index (χ4v) is 4.15. The highest BCUT2D eigenvalue weighted by Gasteiger charge is 2.32. The van der Waals surface area contributed by atoms with Gasteiger partial charge < -0.3 is 19.7 Å². The van der Waals surface area contributed by atoms with Crippen LogP contribution in [0.1, 0.15) is 12.8 Å². The van der Waals surface area contributed by atoms with E-state index >= 15 is 0 Å². The van der Waals surface area contributed by atoms with Gasteiger partial charge in [0.15, 0.2) is 11.5 Å². The Morgan fingerprint density at radius 2 is 1.92 bits per heavy atom. The number of piperidine rings is 1. The molecule has 2 saturated heterocycles. The zero-order chi connectivity index (χ0) is 16.6. The van der Waals surface area contributed by atoms with E-state index in [1.54, 1.807) is 0 Å². The Morgan fingerprint density at radius 3 is 2.84 bits per heavy atom. The lowest BCUT2D eigenvalue weighted by Gasteiger charge is -2.32. The van der Waals surface area contributed by atoms with Crippen molar-refractivity contribution in [1.82, 2.24) is 10.3 Å². The summed E-state index contributed by atoms with van der Waals surface area (Å²) in [5, 5.41) is 3.61. The number of fused-ring (bicyclic) bond motifs is 3. The first-order valence-corrected chi connectivity index (χ1v) is 9.18. The fourth-order valence-electron chi connectivity index (χ4n) is 4.15. The fraction of sp³-hybridized carbons (Fsp3) is 0.450. The molecule has 3 aliphatic heterocycles. The van der Waals surface area contributed by atoms with Gasteiger partial charge in [0, 0.05) is 43.9 Å². The van der Waals surface area contributed by atoms with Crippen molar-refractivity contribution in [2.45, 2.75) is 18.9 Å². The molecule has 1 aromatic carbocycles. The van der Waals surface area contributed by atoms with Crippen molar-refractivity contribution in [3.05, 3.63) is 36.7 Å². The molecule has 2 unspecified atom stereocenters. The van der Waals surface area contributed by atoms with Crippen LogP contribution in [0.3, 0.4) is 0 Å². The van der Waals surface area contributed by atoms with Crippen LogP contribution in [0.4, 0.5) is 5.69 Å². The number of ether oxygens (including phenoxy) is 2. The van der Waals surface area contributed by atoms with E-state index in [1.165, 1.54) is 12.1 Å². The van der Waals surface area contributed by atoms with E-state index < -0.39 is 0 Å². The monoisotopic (exact) mass is 337 g/mol. The van der Waals surface area contributed by atoms with Crippen LogP contribution in [0.5, 0.6) is 11.5 Å².